The van der Waals surface area contributed by atoms with E-state index < -0.39 is 5.91 Å². The molecule has 2 amide bonds. The Morgan fingerprint density at radius 3 is 2.41 bits per heavy atom. The van der Waals surface area contributed by atoms with Crippen LogP contribution in [0.3, 0.4) is 0 Å². The number of fused-ring (bicyclic) bond motifs is 1. The number of hydrogen-bond donors (Lipinski definition) is 3. The van der Waals surface area contributed by atoms with E-state index in [-0.39, 0.29) is 23.1 Å². The predicted molar refractivity (Wildman–Crippen MR) is 127 cm³/mol. The third kappa shape index (κ3) is 4.97. The number of carbonyl (C=O) groups excluding carboxylic acids is 2. The van der Waals surface area contributed by atoms with Gasteiger partial charge >= 0.3 is 0 Å². The van der Waals surface area contributed by atoms with Crippen LogP contribution < -0.4 is 10.7 Å². The van der Waals surface area contributed by atoms with Gasteiger partial charge in [0.25, 0.3) is 5.91 Å². The van der Waals surface area contributed by atoms with Crippen molar-refractivity contribution in [3.05, 3.63) is 71.8 Å². The molecule has 3 aromatic carbocycles. The van der Waals surface area contributed by atoms with Gasteiger partial charge in [0.15, 0.2) is 0 Å². The first-order chi connectivity index (χ1) is 15.5. The fourth-order valence-electron chi connectivity index (χ4n) is 4.10. The molecule has 1 fully saturated rings. The smallest absolute Gasteiger partial charge is 0.275 e. The minimum atomic E-state index is -0.491. The van der Waals surface area contributed by atoms with E-state index in [1.807, 2.05) is 48.5 Å². The molecule has 3 aromatic rings. The molecule has 0 saturated heterocycles. The fraction of sp³-hybridized carbons (Fsp3) is 0.269. The Morgan fingerprint density at radius 1 is 0.938 bits per heavy atom. The van der Waals surface area contributed by atoms with E-state index in [4.69, 9.17) is 0 Å². The van der Waals surface area contributed by atoms with E-state index in [1.165, 1.54) is 6.42 Å². The minimum absolute atomic E-state index is 0.0662. The molecule has 3 N–H and O–H groups in total. The molecule has 0 unspecified atom stereocenters. The van der Waals surface area contributed by atoms with Gasteiger partial charge in [-0.25, -0.2) is 5.43 Å². The second kappa shape index (κ2) is 9.64. The molecule has 0 spiro atoms. The number of aromatic hydroxyl groups is 1. The van der Waals surface area contributed by atoms with E-state index in [2.05, 4.69) is 15.8 Å². The molecule has 0 aromatic heterocycles. The Bertz CT molecular complexity index is 1180. The summed E-state index contributed by atoms with van der Waals surface area (Å²) >= 11 is 0. The summed E-state index contributed by atoms with van der Waals surface area (Å²) < 4.78 is 0. The summed E-state index contributed by atoms with van der Waals surface area (Å²) in [5.74, 6) is -0.441. The van der Waals surface area contributed by atoms with Gasteiger partial charge in [-0.05, 0) is 60.4 Å². The molecule has 0 radical (unpaired) electrons. The molecule has 4 rings (SSSR count). The SMILES string of the molecule is C/C(=N/NC(=O)c1cc2ccccc2cc1O)c1cccc(NC(=O)C2CCCCC2)c1. The van der Waals surface area contributed by atoms with Crippen LogP contribution in [0.1, 0.15) is 54.9 Å². The summed E-state index contributed by atoms with van der Waals surface area (Å²) in [7, 11) is 0. The summed E-state index contributed by atoms with van der Waals surface area (Å²) in [4.78, 5) is 25.1. The van der Waals surface area contributed by atoms with Crippen LogP contribution in [-0.2, 0) is 4.79 Å². The van der Waals surface area contributed by atoms with Gasteiger partial charge < -0.3 is 10.4 Å². The lowest BCUT2D eigenvalue weighted by Gasteiger charge is -2.20. The third-order valence-electron chi connectivity index (χ3n) is 5.96. The van der Waals surface area contributed by atoms with Gasteiger partial charge in [0, 0.05) is 11.6 Å². The highest BCUT2D eigenvalue weighted by molar-refractivity contribution is 6.04. The van der Waals surface area contributed by atoms with E-state index in [1.54, 1.807) is 19.1 Å². The Labute approximate surface area is 187 Å². The van der Waals surface area contributed by atoms with Gasteiger partial charge in [-0.3, -0.25) is 9.59 Å². The van der Waals surface area contributed by atoms with Crippen LogP contribution in [0.15, 0.2) is 65.8 Å². The average molecular weight is 430 g/mol. The van der Waals surface area contributed by atoms with E-state index in [0.717, 1.165) is 42.0 Å². The van der Waals surface area contributed by atoms with Crippen molar-refractivity contribution < 1.29 is 14.7 Å². The van der Waals surface area contributed by atoms with Crippen molar-refractivity contribution in [2.24, 2.45) is 11.0 Å². The van der Waals surface area contributed by atoms with Gasteiger partial charge in [-0.15, -0.1) is 0 Å². The topological polar surface area (TPSA) is 90.8 Å². The summed E-state index contributed by atoms with van der Waals surface area (Å²) in [6, 6.07) is 18.1. The standard InChI is InChI=1S/C26H27N3O3/c1-17(19-12-7-13-22(14-19)27-25(31)18-8-3-2-4-9-18)28-29-26(32)23-15-20-10-5-6-11-21(20)16-24(23)30/h5-7,10-16,18,30H,2-4,8-9H2,1H3,(H,27,31)(H,29,32)/b28-17-. The maximum atomic E-state index is 12.6. The van der Waals surface area contributed by atoms with Crippen LogP contribution in [0.2, 0.25) is 0 Å². The first-order valence-corrected chi connectivity index (χ1v) is 11.0. The second-order valence-electron chi connectivity index (χ2n) is 8.26. The van der Waals surface area contributed by atoms with Crippen molar-refractivity contribution >= 4 is 34.0 Å². The zero-order valence-electron chi connectivity index (χ0n) is 18.1. The third-order valence-corrected chi connectivity index (χ3v) is 5.96. The number of nitrogens with one attached hydrogen (secondary N) is 2. The molecule has 0 aliphatic heterocycles. The van der Waals surface area contributed by atoms with Crippen molar-refractivity contribution in [2.45, 2.75) is 39.0 Å². The number of hydrazone groups is 1. The van der Waals surface area contributed by atoms with Gasteiger partial charge in [-0.2, -0.15) is 5.10 Å². The van der Waals surface area contributed by atoms with Crippen LogP contribution in [0.4, 0.5) is 5.69 Å². The molecule has 6 heteroatoms. The van der Waals surface area contributed by atoms with Crippen molar-refractivity contribution in [1.29, 1.82) is 0 Å². The van der Waals surface area contributed by atoms with Crippen molar-refractivity contribution in [1.82, 2.24) is 5.43 Å². The predicted octanol–water partition coefficient (Wildman–Crippen LogP) is 5.22. The Balaban J connectivity index is 1.45. The average Bonchev–Trinajstić information content (AvgIpc) is 2.82. The van der Waals surface area contributed by atoms with Crippen molar-refractivity contribution in [3.8, 4) is 5.75 Å². The highest BCUT2D eigenvalue weighted by Gasteiger charge is 2.21. The minimum Gasteiger partial charge on any atom is -0.507 e. The molecule has 1 aliphatic rings. The molecule has 0 atom stereocenters. The van der Waals surface area contributed by atoms with Crippen LogP contribution >= 0.6 is 0 Å². The van der Waals surface area contributed by atoms with Gasteiger partial charge in [0.05, 0.1) is 11.3 Å². The lowest BCUT2D eigenvalue weighted by atomic mass is 9.88. The molecule has 1 saturated carbocycles. The maximum absolute atomic E-state index is 12.6. The number of phenolic OH excluding ortho intramolecular Hbond substituents is 1. The van der Waals surface area contributed by atoms with E-state index in [9.17, 15) is 14.7 Å². The zero-order chi connectivity index (χ0) is 22.5. The first-order valence-electron chi connectivity index (χ1n) is 11.0. The molecule has 0 bridgehead atoms. The molecule has 1 aliphatic carbocycles. The summed E-state index contributed by atoms with van der Waals surface area (Å²) in [6.45, 7) is 1.78. The quantitative estimate of drug-likeness (QED) is 0.384. The Morgan fingerprint density at radius 2 is 1.66 bits per heavy atom. The number of rotatable bonds is 5. The monoisotopic (exact) mass is 429 g/mol. The van der Waals surface area contributed by atoms with Crippen molar-refractivity contribution in [2.75, 3.05) is 5.32 Å². The molecule has 164 valence electrons. The van der Waals surface area contributed by atoms with Crippen LogP contribution in [0.5, 0.6) is 5.75 Å². The second-order valence-corrected chi connectivity index (χ2v) is 8.26. The van der Waals surface area contributed by atoms with Crippen LogP contribution in [0.25, 0.3) is 10.8 Å². The van der Waals surface area contributed by atoms with Gasteiger partial charge in [-0.1, -0.05) is 55.7 Å². The lowest BCUT2D eigenvalue weighted by molar-refractivity contribution is -0.120. The van der Waals surface area contributed by atoms with Crippen LogP contribution in [-0.4, -0.2) is 22.6 Å². The number of amides is 2. The fourth-order valence-corrected chi connectivity index (χ4v) is 4.10. The highest BCUT2D eigenvalue weighted by atomic mass is 16.3. The van der Waals surface area contributed by atoms with E-state index >= 15 is 0 Å². The van der Waals surface area contributed by atoms with Crippen LogP contribution in [0, 0.1) is 5.92 Å². The normalized spacial score (nSPS) is 14.8. The number of phenols is 1. The number of benzene rings is 3. The number of carbonyl (C=O) groups is 2. The molecular formula is C26H27N3O3. The first kappa shape index (κ1) is 21.6. The molecule has 6 nitrogen and oxygen atoms in total. The molecular weight excluding hydrogens is 402 g/mol. The van der Waals surface area contributed by atoms with Crippen molar-refractivity contribution in [3.63, 3.8) is 0 Å². The largest absolute Gasteiger partial charge is 0.507 e. The Hall–Kier alpha value is -3.67. The maximum Gasteiger partial charge on any atom is 0.275 e. The number of nitrogens with zero attached hydrogens (tertiary/aromatic N) is 1. The lowest BCUT2D eigenvalue weighted by Crippen LogP contribution is -2.24. The summed E-state index contributed by atoms with van der Waals surface area (Å²) in [5, 5.41) is 19.2. The van der Waals surface area contributed by atoms with Gasteiger partial charge in [0.1, 0.15) is 5.75 Å². The van der Waals surface area contributed by atoms with Gasteiger partial charge in [0.2, 0.25) is 5.91 Å². The molecule has 0 heterocycles. The molecule has 32 heavy (non-hydrogen) atoms. The zero-order valence-corrected chi connectivity index (χ0v) is 18.1. The van der Waals surface area contributed by atoms with E-state index in [0.29, 0.717) is 11.4 Å². The number of hydrogen-bond acceptors (Lipinski definition) is 4. The summed E-state index contributed by atoms with van der Waals surface area (Å²) in [6.07, 6.45) is 5.31. The Kier molecular flexibility index (Phi) is 6.50. The highest BCUT2D eigenvalue weighted by Crippen LogP contribution is 2.26. The summed E-state index contributed by atoms with van der Waals surface area (Å²) in [5.41, 5.74) is 4.77. The number of anilines is 1.